The normalized spacial score (nSPS) is 16.1. The predicted octanol–water partition coefficient (Wildman–Crippen LogP) is 5.66. The molecule has 1 heterocycles. The summed E-state index contributed by atoms with van der Waals surface area (Å²) in [7, 11) is 1.32. The van der Waals surface area contributed by atoms with Gasteiger partial charge < -0.3 is 20.1 Å². The average molecular weight is 437 g/mol. The highest BCUT2D eigenvalue weighted by molar-refractivity contribution is 6.32. The quantitative estimate of drug-likeness (QED) is 0.327. The molecule has 30 heavy (non-hydrogen) atoms. The first kappa shape index (κ1) is 24.1. The first-order valence-electron chi connectivity index (χ1n) is 10.8. The molecule has 2 rings (SSSR count). The number of allylic oxidation sites excluding steroid dienone is 1. The zero-order valence-electron chi connectivity index (χ0n) is 18.2. The molecule has 0 aliphatic carbocycles. The van der Waals surface area contributed by atoms with Crippen LogP contribution in [-0.4, -0.2) is 25.7 Å². The molecule has 2 N–H and O–H groups in total. The highest BCUT2D eigenvalue weighted by atomic mass is 35.5. The van der Waals surface area contributed by atoms with Crippen molar-refractivity contribution in [2.24, 2.45) is 0 Å². The summed E-state index contributed by atoms with van der Waals surface area (Å²) in [6.45, 7) is 4.70. The molecule has 0 saturated heterocycles. The van der Waals surface area contributed by atoms with Crippen molar-refractivity contribution in [3.05, 3.63) is 40.1 Å². The second-order valence-corrected chi connectivity index (χ2v) is 7.84. The third-order valence-electron chi connectivity index (χ3n) is 5.21. The summed E-state index contributed by atoms with van der Waals surface area (Å²) in [6, 6.07) is 4.34. The number of carbonyl (C=O) groups is 2. The second-order valence-electron chi connectivity index (χ2n) is 7.43. The topological polar surface area (TPSA) is 76.7 Å². The van der Waals surface area contributed by atoms with Gasteiger partial charge in [-0.2, -0.15) is 0 Å². The minimum atomic E-state index is -0.629. The summed E-state index contributed by atoms with van der Waals surface area (Å²) in [5.74, 6) is 0.116. The van der Waals surface area contributed by atoms with Gasteiger partial charge in [-0.1, -0.05) is 70.0 Å². The number of hydrogen-bond acceptors (Lipinski definition) is 4. The fourth-order valence-electron chi connectivity index (χ4n) is 3.55. The zero-order valence-corrected chi connectivity index (χ0v) is 18.9. The molecule has 1 atom stereocenters. The van der Waals surface area contributed by atoms with E-state index in [0.29, 0.717) is 40.6 Å². The molecule has 0 fully saturated rings. The van der Waals surface area contributed by atoms with Gasteiger partial charge >= 0.3 is 12.0 Å². The molecule has 1 aliphatic rings. The number of hydrogen-bond donors (Lipinski definition) is 2. The molecule has 1 unspecified atom stereocenters. The van der Waals surface area contributed by atoms with Gasteiger partial charge in [-0.15, -0.1) is 0 Å². The number of urea groups is 1. The number of carbonyl (C=O) groups excluding carboxylic acids is 2. The summed E-state index contributed by atoms with van der Waals surface area (Å²) in [6.07, 6.45) is 9.02. The molecule has 0 bridgehead atoms. The van der Waals surface area contributed by atoms with Gasteiger partial charge in [-0.25, -0.2) is 9.59 Å². The maximum absolute atomic E-state index is 12.3. The SMILES string of the molecule is CCCCCCCCCOc1ccc(C2NC(=O)NC(CC)=C2C(=O)OC)cc1Cl. The van der Waals surface area contributed by atoms with E-state index in [2.05, 4.69) is 17.6 Å². The fourth-order valence-corrected chi connectivity index (χ4v) is 3.80. The van der Waals surface area contributed by atoms with Crippen LogP contribution in [0.4, 0.5) is 4.79 Å². The summed E-state index contributed by atoms with van der Waals surface area (Å²) < 4.78 is 10.8. The number of nitrogens with one attached hydrogen (secondary N) is 2. The molecule has 6 nitrogen and oxygen atoms in total. The Morgan fingerprint density at radius 1 is 1.10 bits per heavy atom. The van der Waals surface area contributed by atoms with Crippen LogP contribution in [0, 0.1) is 0 Å². The Balaban J connectivity index is 2.01. The molecule has 1 aromatic rings. The molecular formula is C23H33ClN2O4. The Labute approximate surface area is 184 Å². The van der Waals surface area contributed by atoms with E-state index >= 15 is 0 Å². The fraction of sp³-hybridized carbons (Fsp3) is 0.565. The van der Waals surface area contributed by atoms with Crippen molar-refractivity contribution in [1.29, 1.82) is 0 Å². The molecule has 0 aromatic heterocycles. The lowest BCUT2D eigenvalue weighted by atomic mass is 9.94. The molecule has 2 amide bonds. The number of ether oxygens (including phenoxy) is 2. The Bertz CT molecular complexity index is 764. The van der Waals surface area contributed by atoms with Crippen LogP contribution in [-0.2, 0) is 9.53 Å². The predicted molar refractivity (Wildman–Crippen MR) is 119 cm³/mol. The van der Waals surface area contributed by atoms with E-state index < -0.39 is 12.0 Å². The summed E-state index contributed by atoms with van der Waals surface area (Å²) in [4.78, 5) is 24.4. The molecule has 0 spiro atoms. The van der Waals surface area contributed by atoms with Crippen LogP contribution in [0.2, 0.25) is 5.02 Å². The van der Waals surface area contributed by atoms with Gasteiger partial charge in [0.2, 0.25) is 0 Å². The van der Waals surface area contributed by atoms with Gasteiger partial charge in [0.25, 0.3) is 0 Å². The van der Waals surface area contributed by atoms with E-state index in [1.54, 1.807) is 12.1 Å². The highest BCUT2D eigenvalue weighted by Gasteiger charge is 2.33. The van der Waals surface area contributed by atoms with Crippen LogP contribution >= 0.6 is 11.6 Å². The third kappa shape index (κ3) is 6.66. The van der Waals surface area contributed by atoms with Crippen LogP contribution in [0.15, 0.2) is 29.5 Å². The number of rotatable bonds is 12. The summed E-state index contributed by atoms with van der Waals surface area (Å²) >= 11 is 6.43. The Morgan fingerprint density at radius 2 is 1.80 bits per heavy atom. The van der Waals surface area contributed by atoms with Gasteiger partial charge in [-0.3, -0.25) is 0 Å². The largest absolute Gasteiger partial charge is 0.492 e. The standard InChI is InChI=1S/C23H33ClN2O4/c1-4-6-7-8-9-10-11-14-30-19-13-12-16(15-17(19)24)21-20(22(27)29-3)18(5-2)25-23(28)26-21/h12-13,15,21H,4-11,14H2,1-3H3,(H2,25,26,28). The second kappa shape index (κ2) is 12.5. The first-order chi connectivity index (χ1) is 14.5. The lowest BCUT2D eigenvalue weighted by molar-refractivity contribution is -0.136. The van der Waals surface area contributed by atoms with Crippen molar-refractivity contribution >= 4 is 23.6 Å². The number of unbranched alkanes of at least 4 members (excludes halogenated alkanes) is 6. The molecule has 166 valence electrons. The van der Waals surface area contributed by atoms with Crippen molar-refractivity contribution < 1.29 is 19.1 Å². The van der Waals surface area contributed by atoms with Crippen molar-refractivity contribution in [3.63, 3.8) is 0 Å². The molecule has 0 saturated carbocycles. The van der Waals surface area contributed by atoms with Crippen molar-refractivity contribution in [3.8, 4) is 5.75 Å². The van der Waals surface area contributed by atoms with Gasteiger partial charge in [-0.05, 0) is 30.5 Å². The van der Waals surface area contributed by atoms with E-state index in [-0.39, 0.29) is 6.03 Å². The van der Waals surface area contributed by atoms with E-state index in [0.717, 1.165) is 12.8 Å². The van der Waals surface area contributed by atoms with E-state index in [9.17, 15) is 9.59 Å². The maximum Gasteiger partial charge on any atom is 0.337 e. The molecule has 7 heteroatoms. The minimum Gasteiger partial charge on any atom is -0.492 e. The Hall–Kier alpha value is -2.21. The number of esters is 1. The molecule has 1 aromatic carbocycles. The first-order valence-corrected chi connectivity index (χ1v) is 11.2. The lowest BCUT2D eigenvalue weighted by Crippen LogP contribution is -2.45. The Morgan fingerprint density at radius 3 is 2.43 bits per heavy atom. The summed E-state index contributed by atoms with van der Waals surface area (Å²) in [5.41, 5.74) is 1.63. The number of benzene rings is 1. The number of methoxy groups -OCH3 is 1. The minimum absolute atomic E-state index is 0.361. The van der Waals surface area contributed by atoms with Gasteiger partial charge in [0.15, 0.2) is 0 Å². The van der Waals surface area contributed by atoms with Crippen LogP contribution in [0.25, 0.3) is 0 Å². The van der Waals surface area contributed by atoms with Gasteiger partial charge in [0.1, 0.15) is 5.75 Å². The van der Waals surface area contributed by atoms with Gasteiger partial charge in [0, 0.05) is 5.70 Å². The van der Waals surface area contributed by atoms with Crippen molar-refractivity contribution in [2.75, 3.05) is 13.7 Å². The zero-order chi connectivity index (χ0) is 21.9. The van der Waals surface area contributed by atoms with Gasteiger partial charge in [0.05, 0.1) is 30.4 Å². The third-order valence-corrected chi connectivity index (χ3v) is 5.50. The lowest BCUT2D eigenvalue weighted by Gasteiger charge is -2.29. The Kier molecular flexibility index (Phi) is 10.0. The van der Waals surface area contributed by atoms with Crippen LogP contribution < -0.4 is 15.4 Å². The molecule has 1 aliphatic heterocycles. The smallest absolute Gasteiger partial charge is 0.337 e. The summed E-state index contributed by atoms with van der Waals surface area (Å²) in [5, 5.41) is 5.91. The van der Waals surface area contributed by atoms with E-state index in [4.69, 9.17) is 21.1 Å². The molecule has 0 radical (unpaired) electrons. The van der Waals surface area contributed by atoms with E-state index in [1.807, 2.05) is 13.0 Å². The van der Waals surface area contributed by atoms with Crippen molar-refractivity contribution in [2.45, 2.75) is 71.3 Å². The van der Waals surface area contributed by atoms with Crippen molar-refractivity contribution in [1.82, 2.24) is 10.6 Å². The van der Waals surface area contributed by atoms with Crippen LogP contribution in [0.1, 0.15) is 76.8 Å². The van der Waals surface area contributed by atoms with Crippen LogP contribution in [0.5, 0.6) is 5.75 Å². The number of amides is 2. The monoisotopic (exact) mass is 436 g/mol. The number of halogens is 1. The van der Waals surface area contributed by atoms with Crippen LogP contribution in [0.3, 0.4) is 0 Å². The maximum atomic E-state index is 12.3. The highest BCUT2D eigenvalue weighted by Crippen LogP contribution is 2.33. The molecular weight excluding hydrogens is 404 g/mol. The average Bonchev–Trinajstić information content (AvgIpc) is 2.75. The van der Waals surface area contributed by atoms with E-state index in [1.165, 1.54) is 39.2 Å².